The van der Waals surface area contributed by atoms with Crippen molar-refractivity contribution in [2.45, 2.75) is 0 Å². The molecule has 0 unspecified atom stereocenters. The number of anilines is 6. The van der Waals surface area contributed by atoms with E-state index in [1.165, 1.54) is 33.0 Å². The van der Waals surface area contributed by atoms with Gasteiger partial charge in [0.15, 0.2) is 0 Å². The van der Waals surface area contributed by atoms with Gasteiger partial charge in [-0.2, -0.15) is 0 Å². The summed E-state index contributed by atoms with van der Waals surface area (Å²) < 4.78 is 9.71. The average molecular weight is 1350 g/mol. The summed E-state index contributed by atoms with van der Waals surface area (Å²) in [6, 6.07) is 152. The number of para-hydroxylation sites is 5. The molecule has 0 aliphatic carbocycles. The molecule has 0 aliphatic rings. The van der Waals surface area contributed by atoms with Gasteiger partial charge in [-0.25, -0.2) is 0 Å². The lowest BCUT2D eigenvalue weighted by Crippen LogP contribution is -2.09. The van der Waals surface area contributed by atoms with E-state index < -0.39 is 0 Å². The molecule has 0 saturated heterocycles. The summed E-state index contributed by atoms with van der Waals surface area (Å²) in [7, 11) is 0. The van der Waals surface area contributed by atoms with Crippen LogP contribution in [0.3, 0.4) is 0 Å². The number of hydrogen-bond acceptors (Lipinski definition) is 3. The molecule has 19 aromatic rings. The number of furan rings is 1. The molecule has 0 amide bonds. The molecule has 0 N–H and O–H groups in total. The Kier molecular flexibility index (Phi) is 16.2. The van der Waals surface area contributed by atoms with E-state index in [1.807, 2.05) is 0 Å². The first-order valence-corrected chi connectivity index (χ1v) is 36.3. The van der Waals surface area contributed by atoms with Crippen LogP contribution in [0.15, 0.2) is 423 Å². The highest BCUT2D eigenvalue weighted by Crippen LogP contribution is 2.46. The molecule has 106 heavy (non-hydrogen) atoms. The van der Waals surface area contributed by atoms with Gasteiger partial charge in [0.1, 0.15) is 11.2 Å². The minimum atomic E-state index is 0.827. The van der Waals surface area contributed by atoms with Crippen molar-refractivity contribution in [3.05, 3.63) is 419 Å². The number of nitrogens with zero attached hydrogens (tertiary/aromatic N) is 3. The van der Waals surface area contributed by atoms with E-state index in [2.05, 4.69) is 433 Å². The van der Waals surface area contributed by atoms with Gasteiger partial charge in [-0.05, 0) is 240 Å². The van der Waals surface area contributed by atoms with Crippen LogP contribution < -0.4 is 9.80 Å². The Labute approximate surface area is 617 Å². The molecule has 0 aliphatic heterocycles. The molecular formula is C102H69N3O. The maximum absolute atomic E-state index is 7.30. The highest BCUT2D eigenvalue weighted by molar-refractivity contribution is 6.13. The summed E-state index contributed by atoms with van der Waals surface area (Å²) in [6.45, 7) is 0. The molecule has 0 fully saturated rings. The van der Waals surface area contributed by atoms with Crippen molar-refractivity contribution in [1.82, 2.24) is 4.57 Å². The SMILES string of the molecule is c1ccc(-c2ccccc2-c2cccc(-c3cccc(-c4cc(-c5cccc(-c6cccc(-c7ccc(-c8cccc(N(c9ccccc9)c9ccccc9)c8)cc7)c6)c5)cc5c4oc4cc(-c6cccc(-n7c8ccccc8c8cc(N(c9ccccc9)c9ccccc9)ccc87)c6)ccc45)c3)c2)cc1. The van der Waals surface area contributed by atoms with Gasteiger partial charge in [0, 0.05) is 66.9 Å². The zero-order chi connectivity index (χ0) is 70.3. The summed E-state index contributed by atoms with van der Waals surface area (Å²) in [5, 5.41) is 4.50. The van der Waals surface area contributed by atoms with Crippen LogP contribution in [0.1, 0.15) is 0 Å². The number of benzene rings is 17. The van der Waals surface area contributed by atoms with Crippen LogP contribution >= 0.6 is 0 Å². The summed E-state index contributed by atoms with van der Waals surface area (Å²) in [4.78, 5) is 4.65. The topological polar surface area (TPSA) is 24.6 Å². The molecule has 0 spiro atoms. The fourth-order valence-electron chi connectivity index (χ4n) is 15.6. The van der Waals surface area contributed by atoms with Crippen molar-refractivity contribution in [1.29, 1.82) is 0 Å². The van der Waals surface area contributed by atoms with Crippen molar-refractivity contribution in [3.63, 3.8) is 0 Å². The summed E-state index contributed by atoms with van der Waals surface area (Å²) >= 11 is 0. The van der Waals surface area contributed by atoms with Gasteiger partial charge in [-0.15, -0.1) is 0 Å². The molecule has 19 rings (SSSR count). The van der Waals surface area contributed by atoms with E-state index in [9.17, 15) is 0 Å². The second-order valence-electron chi connectivity index (χ2n) is 27.2. The summed E-state index contributed by atoms with van der Waals surface area (Å²) in [6.07, 6.45) is 0. The smallest absolute Gasteiger partial charge is 0.143 e. The highest BCUT2D eigenvalue weighted by atomic mass is 16.3. The van der Waals surface area contributed by atoms with Crippen LogP contribution in [-0.2, 0) is 0 Å². The number of rotatable bonds is 16. The lowest BCUT2D eigenvalue weighted by Gasteiger charge is -2.25. The second kappa shape index (κ2) is 27.4. The van der Waals surface area contributed by atoms with E-state index in [0.717, 1.165) is 151 Å². The van der Waals surface area contributed by atoms with E-state index in [4.69, 9.17) is 4.42 Å². The van der Waals surface area contributed by atoms with Gasteiger partial charge < -0.3 is 18.8 Å². The Morgan fingerprint density at radius 3 is 1.12 bits per heavy atom. The third-order valence-corrected chi connectivity index (χ3v) is 20.7. The largest absolute Gasteiger partial charge is 0.455 e. The number of aromatic nitrogens is 1. The molecule has 17 aromatic carbocycles. The Balaban J connectivity index is 0.685. The Morgan fingerprint density at radius 2 is 0.557 bits per heavy atom. The van der Waals surface area contributed by atoms with E-state index in [-0.39, 0.29) is 0 Å². The standard InChI is InChI=1S/C102H69N3O/c1-6-26-72(27-7-1)92-48-16-17-49-93(92)82-36-22-31-76(62-82)77-32-23-37-83(63-77)96-66-84(78-33-21-30-75(61-78)74-29-20-28-73(60-74)70-52-54-71(55-53-70)79-34-24-46-89(64-79)103(85-38-8-2-9-39-85)86-40-10-3-11-41-86)67-98-95-58-56-81(68-101(95)106-102(96)98)80-35-25-47-90(65-80)105-99-51-19-18-50-94(99)97-69-91(57-59-100(97)105)104(87-42-12-4-13-43-87)88-44-14-5-15-45-88/h1-69H. The van der Waals surface area contributed by atoms with Crippen molar-refractivity contribution >= 4 is 77.9 Å². The number of fused-ring (bicyclic) bond motifs is 6. The van der Waals surface area contributed by atoms with Crippen LogP contribution in [0, 0.1) is 0 Å². The van der Waals surface area contributed by atoms with Gasteiger partial charge in [-0.1, -0.05) is 273 Å². The molecule has 0 atom stereocenters. The van der Waals surface area contributed by atoms with Gasteiger partial charge in [0.05, 0.1) is 11.0 Å². The van der Waals surface area contributed by atoms with Gasteiger partial charge in [-0.3, -0.25) is 0 Å². The molecule has 2 aromatic heterocycles. The van der Waals surface area contributed by atoms with E-state index in [1.54, 1.807) is 0 Å². The van der Waals surface area contributed by atoms with Gasteiger partial charge in [0.2, 0.25) is 0 Å². The van der Waals surface area contributed by atoms with Crippen molar-refractivity contribution in [2.24, 2.45) is 0 Å². The molecule has 2 heterocycles. The monoisotopic (exact) mass is 1350 g/mol. The van der Waals surface area contributed by atoms with Crippen LogP contribution in [0.5, 0.6) is 0 Å². The first-order chi connectivity index (χ1) is 52.5. The first kappa shape index (κ1) is 62.9. The lowest BCUT2D eigenvalue weighted by molar-refractivity contribution is 0.670. The quantitative estimate of drug-likeness (QED) is 0.0964. The Bertz CT molecular complexity index is 6360. The molecule has 0 saturated carbocycles. The van der Waals surface area contributed by atoms with Crippen molar-refractivity contribution in [3.8, 4) is 106 Å². The lowest BCUT2D eigenvalue weighted by atomic mass is 9.91. The van der Waals surface area contributed by atoms with E-state index in [0.29, 0.717) is 0 Å². The fourth-order valence-corrected chi connectivity index (χ4v) is 15.6. The maximum atomic E-state index is 7.30. The van der Waals surface area contributed by atoms with Gasteiger partial charge in [0.25, 0.3) is 0 Å². The maximum Gasteiger partial charge on any atom is 0.143 e. The number of hydrogen-bond donors (Lipinski definition) is 0. The normalized spacial score (nSPS) is 11.4. The van der Waals surface area contributed by atoms with Crippen LogP contribution in [0.25, 0.3) is 150 Å². The third kappa shape index (κ3) is 12.0. The molecule has 498 valence electrons. The molecule has 0 radical (unpaired) electrons. The van der Waals surface area contributed by atoms with Crippen LogP contribution in [0.2, 0.25) is 0 Å². The summed E-state index contributed by atoms with van der Waals surface area (Å²) in [5.74, 6) is 0. The molecule has 4 heteroatoms. The van der Waals surface area contributed by atoms with Crippen molar-refractivity contribution in [2.75, 3.05) is 9.80 Å². The Morgan fingerprint density at radius 1 is 0.179 bits per heavy atom. The molecular weight excluding hydrogens is 1280 g/mol. The first-order valence-electron chi connectivity index (χ1n) is 36.3. The zero-order valence-electron chi connectivity index (χ0n) is 58.1. The minimum absolute atomic E-state index is 0.827. The predicted molar refractivity (Wildman–Crippen MR) is 446 cm³/mol. The fraction of sp³-hybridized carbons (Fsp3) is 0. The zero-order valence-corrected chi connectivity index (χ0v) is 58.1. The summed E-state index contributed by atoms with van der Waals surface area (Å²) in [5.41, 5.74) is 32.1. The minimum Gasteiger partial charge on any atom is -0.455 e. The van der Waals surface area contributed by atoms with Crippen LogP contribution in [-0.4, -0.2) is 4.57 Å². The van der Waals surface area contributed by atoms with Gasteiger partial charge >= 0.3 is 0 Å². The van der Waals surface area contributed by atoms with Crippen molar-refractivity contribution < 1.29 is 4.42 Å². The molecule has 4 nitrogen and oxygen atoms in total. The predicted octanol–water partition coefficient (Wildman–Crippen LogP) is 28.6. The van der Waals surface area contributed by atoms with Crippen LogP contribution in [0.4, 0.5) is 34.1 Å². The second-order valence-corrected chi connectivity index (χ2v) is 27.2. The average Bonchev–Trinajstić information content (AvgIpc) is 1.59. The Hall–Kier alpha value is -14.1. The highest BCUT2D eigenvalue weighted by Gasteiger charge is 2.22. The molecule has 0 bridgehead atoms. The third-order valence-electron chi connectivity index (χ3n) is 20.7. The van der Waals surface area contributed by atoms with E-state index >= 15 is 0 Å².